The molecule has 1 aromatic rings. The maximum absolute atomic E-state index is 10.6. The zero-order chi connectivity index (χ0) is 11.4. The van der Waals surface area contributed by atoms with Crippen molar-refractivity contribution in [2.75, 3.05) is 0 Å². The second kappa shape index (κ2) is 5.16. The number of aliphatic carboxylic acids is 1. The van der Waals surface area contributed by atoms with Gasteiger partial charge in [0.05, 0.1) is 10.4 Å². The summed E-state index contributed by atoms with van der Waals surface area (Å²) >= 11 is 3.22. The number of carboxylic acids is 1. The Morgan fingerprint density at radius 1 is 1.53 bits per heavy atom. The molecule has 0 aliphatic carbocycles. The molecular weight excluding hydrogens is 260 g/mol. The first kappa shape index (κ1) is 12.0. The molecule has 0 aromatic heterocycles. The first-order valence-corrected chi connectivity index (χ1v) is 5.51. The summed E-state index contributed by atoms with van der Waals surface area (Å²) in [5.74, 6) is -0.983. The SMILES string of the molecule is CC(CCc1cccc(Br)c1O)C(=O)O. The van der Waals surface area contributed by atoms with Gasteiger partial charge in [0.15, 0.2) is 0 Å². The maximum Gasteiger partial charge on any atom is 0.306 e. The highest BCUT2D eigenvalue weighted by atomic mass is 79.9. The Labute approximate surface area is 96.9 Å². The molecular formula is C11H13BrO3. The highest BCUT2D eigenvalue weighted by Crippen LogP contribution is 2.28. The van der Waals surface area contributed by atoms with Gasteiger partial charge >= 0.3 is 5.97 Å². The molecule has 3 nitrogen and oxygen atoms in total. The van der Waals surface area contributed by atoms with Crippen molar-refractivity contribution in [2.45, 2.75) is 19.8 Å². The fraction of sp³-hybridized carbons (Fsp3) is 0.364. The van der Waals surface area contributed by atoms with E-state index in [0.717, 1.165) is 5.56 Å². The molecule has 4 heteroatoms. The minimum Gasteiger partial charge on any atom is -0.506 e. The van der Waals surface area contributed by atoms with Gasteiger partial charge in [-0.1, -0.05) is 19.1 Å². The lowest BCUT2D eigenvalue weighted by atomic mass is 10.0. The lowest BCUT2D eigenvalue weighted by molar-refractivity contribution is -0.141. The summed E-state index contributed by atoms with van der Waals surface area (Å²) in [4.78, 5) is 10.6. The lowest BCUT2D eigenvalue weighted by Gasteiger charge is -2.08. The van der Waals surface area contributed by atoms with E-state index in [1.54, 1.807) is 19.1 Å². The van der Waals surface area contributed by atoms with Crippen LogP contribution in [-0.4, -0.2) is 16.2 Å². The molecule has 1 rings (SSSR count). The van der Waals surface area contributed by atoms with Crippen LogP contribution in [0.1, 0.15) is 18.9 Å². The summed E-state index contributed by atoms with van der Waals surface area (Å²) in [7, 11) is 0. The molecule has 0 saturated heterocycles. The van der Waals surface area contributed by atoms with Gasteiger partial charge in [0.1, 0.15) is 5.75 Å². The van der Waals surface area contributed by atoms with Crippen LogP contribution >= 0.6 is 15.9 Å². The van der Waals surface area contributed by atoms with Crippen LogP contribution in [0.5, 0.6) is 5.75 Å². The molecule has 0 spiro atoms. The summed E-state index contributed by atoms with van der Waals surface area (Å²) in [5, 5.41) is 18.4. The molecule has 0 bridgehead atoms. The van der Waals surface area contributed by atoms with Crippen LogP contribution in [-0.2, 0) is 11.2 Å². The first-order chi connectivity index (χ1) is 7.02. The van der Waals surface area contributed by atoms with E-state index in [2.05, 4.69) is 15.9 Å². The number of carbonyl (C=O) groups is 1. The topological polar surface area (TPSA) is 57.5 Å². The predicted octanol–water partition coefficient (Wildman–Crippen LogP) is 2.81. The minimum absolute atomic E-state index is 0.204. The molecule has 0 heterocycles. The van der Waals surface area contributed by atoms with Crippen molar-refractivity contribution < 1.29 is 15.0 Å². The van der Waals surface area contributed by atoms with Crippen molar-refractivity contribution in [1.82, 2.24) is 0 Å². The lowest BCUT2D eigenvalue weighted by Crippen LogP contribution is -2.10. The van der Waals surface area contributed by atoms with Gasteiger partial charge in [-0.05, 0) is 40.4 Å². The Balaban J connectivity index is 2.66. The van der Waals surface area contributed by atoms with E-state index in [0.29, 0.717) is 17.3 Å². The average Bonchev–Trinajstić information content (AvgIpc) is 2.19. The fourth-order valence-corrected chi connectivity index (χ4v) is 1.66. The van der Waals surface area contributed by atoms with E-state index in [4.69, 9.17) is 5.11 Å². The smallest absolute Gasteiger partial charge is 0.306 e. The van der Waals surface area contributed by atoms with Gasteiger partial charge in [0, 0.05) is 0 Å². The molecule has 0 fully saturated rings. The van der Waals surface area contributed by atoms with Crippen molar-refractivity contribution >= 4 is 21.9 Å². The van der Waals surface area contributed by atoms with Gasteiger partial charge in [-0.3, -0.25) is 4.79 Å². The maximum atomic E-state index is 10.6. The number of halogens is 1. The van der Waals surface area contributed by atoms with E-state index < -0.39 is 5.97 Å². The van der Waals surface area contributed by atoms with Crippen LogP contribution in [0.25, 0.3) is 0 Å². The summed E-state index contributed by atoms with van der Waals surface area (Å²) in [5.41, 5.74) is 0.775. The van der Waals surface area contributed by atoms with Crippen LogP contribution in [0.3, 0.4) is 0 Å². The molecule has 1 atom stereocenters. The number of hydrogen-bond donors (Lipinski definition) is 2. The third kappa shape index (κ3) is 3.23. The highest BCUT2D eigenvalue weighted by Gasteiger charge is 2.12. The zero-order valence-corrected chi connectivity index (χ0v) is 9.99. The predicted molar refractivity (Wildman–Crippen MR) is 60.9 cm³/mol. The number of aryl methyl sites for hydroxylation is 1. The molecule has 0 saturated carbocycles. The van der Waals surface area contributed by atoms with Gasteiger partial charge in [-0.15, -0.1) is 0 Å². The largest absolute Gasteiger partial charge is 0.506 e. The van der Waals surface area contributed by atoms with Crippen molar-refractivity contribution in [3.05, 3.63) is 28.2 Å². The Bertz CT molecular complexity index is 363. The van der Waals surface area contributed by atoms with Crippen LogP contribution in [0, 0.1) is 5.92 Å². The quantitative estimate of drug-likeness (QED) is 0.886. The average molecular weight is 273 g/mol. The van der Waals surface area contributed by atoms with Gasteiger partial charge in [0.25, 0.3) is 0 Å². The number of para-hydroxylation sites is 1. The Morgan fingerprint density at radius 3 is 2.80 bits per heavy atom. The summed E-state index contributed by atoms with van der Waals surface area (Å²) in [6.07, 6.45) is 1.10. The minimum atomic E-state index is -0.801. The van der Waals surface area contributed by atoms with E-state index in [1.807, 2.05) is 6.07 Å². The Hall–Kier alpha value is -1.03. The first-order valence-electron chi connectivity index (χ1n) is 4.71. The van der Waals surface area contributed by atoms with Crippen LogP contribution < -0.4 is 0 Å². The van der Waals surface area contributed by atoms with Crippen LogP contribution in [0.2, 0.25) is 0 Å². The van der Waals surface area contributed by atoms with E-state index in [9.17, 15) is 9.90 Å². The second-order valence-electron chi connectivity index (χ2n) is 3.53. The number of benzene rings is 1. The third-order valence-corrected chi connectivity index (χ3v) is 2.98. The summed E-state index contributed by atoms with van der Waals surface area (Å²) in [6.45, 7) is 1.66. The molecule has 0 aliphatic rings. The zero-order valence-electron chi connectivity index (χ0n) is 8.40. The molecule has 1 aromatic carbocycles. The highest BCUT2D eigenvalue weighted by molar-refractivity contribution is 9.10. The van der Waals surface area contributed by atoms with Crippen molar-refractivity contribution in [2.24, 2.45) is 5.92 Å². The van der Waals surface area contributed by atoms with Gasteiger partial charge in [0.2, 0.25) is 0 Å². The summed E-state index contributed by atoms with van der Waals surface area (Å²) in [6, 6.07) is 5.37. The number of aromatic hydroxyl groups is 1. The molecule has 0 amide bonds. The number of rotatable bonds is 4. The molecule has 0 radical (unpaired) electrons. The van der Waals surface area contributed by atoms with Crippen molar-refractivity contribution in [3.63, 3.8) is 0 Å². The number of carboxylic acid groups (broad SMARTS) is 1. The van der Waals surface area contributed by atoms with Crippen molar-refractivity contribution in [1.29, 1.82) is 0 Å². The van der Waals surface area contributed by atoms with Gasteiger partial charge < -0.3 is 10.2 Å². The third-order valence-electron chi connectivity index (χ3n) is 2.34. The molecule has 15 heavy (non-hydrogen) atoms. The normalized spacial score (nSPS) is 12.4. The fourth-order valence-electron chi connectivity index (χ4n) is 1.26. The van der Waals surface area contributed by atoms with Gasteiger partial charge in [-0.2, -0.15) is 0 Å². The van der Waals surface area contributed by atoms with Gasteiger partial charge in [-0.25, -0.2) is 0 Å². The van der Waals surface area contributed by atoms with Crippen LogP contribution in [0.15, 0.2) is 22.7 Å². The molecule has 1 unspecified atom stereocenters. The number of phenols is 1. The van der Waals surface area contributed by atoms with E-state index in [1.165, 1.54) is 0 Å². The van der Waals surface area contributed by atoms with Crippen molar-refractivity contribution in [3.8, 4) is 5.75 Å². The second-order valence-corrected chi connectivity index (χ2v) is 4.38. The number of phenolic OH excluding ortho intramolecular Hbond substituents is 1. The number of hydrogen-bond acceptors (Lipinski definition) is 2. The van der Waals surface area contributed by atoms with E-state index >= 15 is 0 Å². The Kier molecular flexibility index (Phi) is 4.15. The monoisotopic (exact) mass is 272 g/mol. The van der Waals surface area contributed by atoms with Crippen LogP contribution in [0.4, 0.5) is 0 Å². The molecule has 82 valence electrons. The Morgan fingerprint density at radius 2 is 2.20 bits per heavy atom. The molecule has 0 aliphatic heterocycles. The van der Waals surface area contributed by atoms with E-state index in [-0.39, 0.29) is 11.7 Å². The summed E-state index contributed by atoms with van der Waals surface area (Å²) < 4.78 is 0.642. The molecule has 2 N–H and O–H groups in total. The standard InChI is InChI=1S/C11H13BrO3/c1-7(11(14)15)5-6-8-3-2-4-9(12)10(8)13/h2-4,7,13H,5-6H2,1H3,(H,14,15).